The van der Waals surface area contributed by atoms with Crippen molar-refractivity contribution < 1.29 is 19.1 Å². The summed E-state index contributed by atoms with van der Waals surface area (Å²) in [5.74, 6) is 1.08. The van der Waals surface area contributed by atoms with Crippen molar-refractivity contribution in [1.29, 1.82) is 0 Å². The van der Waals surface area contributed by atoms with Gasteiger partial charge in [0.05, 0.1) is 11.4 Å². The molecule has 138 valence electrons. The lowest BCUT2D eigenvalue weighted by Crippen LogP contribution is -2.32. The molecule has 7 nitrogen and oxygen atoms in total. The number of ether oxygens (including phenoxy) is 2. The zero-order valence-corrected chi connectivity index (χ0v) is 15.0. The maximum atomic E-state index is 12.2. The van der Waals surface area contributed by atoms with Gasteiger partial charge in [-0.15, -0.1) is 0 Å². The third-order valence-corrected chi connectivity index (χ3v) is 3.95. The van der Waals surface area contributed by atoms with Crippen molar-refractivity contribution in [2.75, 3.05) is 30.9 Å². The highest BCUT2D eigenvalue weighted by molar-refractivity contribution is 5.94. The fourth-order valence-electron chi connectivity index (χ4n) is 2.74. The zero-order valence-electron chi connectivity index (χ0n) is 15.0. The number of amides is 2. The topological polar surface area (TPSA) is 93.9 Å². The minimum Gasteiger partial charge on any atom is -0.454 e. The largest absolute Gasteiger partial charge is 0.454 e. The zero-order chi connectivity index (χ0) is 18.2. The number of nitrogens with zero attached hydrogens (tertiary/aromatic N) is 1. The van der Waals surface area contributed by atoms with Crippen LogP contribution >= 0.6 is 0 Å². The fourth-order valence-corrected chi connectivity index (χ4v) is 2.74. The highest BCUT2D eigenvalue weighted by Gasteiger charge is 2.17. The molecule has 1 aromatic rings. The smallest absolute Gasteiger partial charge is 0.231 e. The second kappa shape index (κ2) is 9.15. The third kappa shape index (κ3) is 5.27. The number of benzene rings is 1. The first kappa shape index (κ1) is 18.9. The standard InChI is InChI=1S/C18H27N3O4/c1-3-8-21(9-4-2)18(23)7-5-6-17(22)20-14-11-16-15(10-13(14)19)24-12-25-16/h10-11H,3-9,12,19H2,1-2H3,(H,20,22). The Balaban J connectivity index is 1.80. The van der Waals surface area contributed by atoms with Crippen molar-refractivity contribution >= 4 is 23.2 Å². The van der Waals surface area contributed by atoms with Gasteiger partial charge in [0.25, 0.3) is 0 Å². The van der Waals surface area contributed by atoms with Crippen LogP contribution in [-0.2, 0) is 9.59 Å². The molecule has 25 heavy (non-hydrogen) atoms. The molecule has 3 N–H and O–H groups in total. The summed E-state index contributed by atoms with van der Waals surface area (Å²) < 4.78 is 10.5. The molecule has 0 bridgehead atoms. The number of rotatable bonds is 9. The predicted octanol–water partition coefficient (Wildman–Crippen LogP) is 2.75. The Morgan fingerprint density at radius 2 is 1.76 bits per heavy atom. The van der Waals surface area contributed by atoms with Crippen LogP contribution in [-0.4, -0.2) is 36.6 Å². The molecule has 0 saturated heterocycles. The molecule has 0 unspecified atom stereocenters. The quantitative estimate of drug-likeness (QED) is 0.669. The number of carbonyl (C=O) groups is 2. The maximum Gasteiger partial charge on any atom is 0.231 e. The van der Waals surface area contributed by atoms with Crippen molar-refractivity contribution in [1.82, 2.24) is 4.90 Å². The number of nitrogens with one attached hydrogen (secondary N) is 1. The van der Waals surface area contributed by atoms with Crippen LogP contribution in [0.15, 0.2) is 12.1 Å². The van der Waals surface area contributed by atoms with Gasteiger partial charge in [0.2, 0.25) is 18.6 Å². The van der Waals surface area contributed by atoms with Crippen LogP contribution in [0.2, 0.25) is 0 Å². The molecule has 1 aliphatic heterocycles. The molecule has 0 aliphatic carbocycles. The van der Waals surface area contributed by atoms with E-state index in [-0.39, 0.29) is 25.0 Å². The molecule has 2 rings (SSSR count). The highest BCUT2D eigenvalue weighted by Crippen LogP contribution is 2.38. The van der Waals surface area contributed by atoms with Gasteiger partial charge in [-0.2, -0.15) is 0 Å². The molecular weight excluding hydrogens is 322 g/mol. The summed E-state index contributed by atoms with van der Waals surface area (Å²) in [4.78, 5) is 26.2. The normalized spacial score (nSPS) is 12.1. The van der Waals surface area contributed by atoms with Gasteiger partial charge in [0.15, 0.2) is 11.5 Å². The van der Waals surface area contributed by atoms with E-state index in [9.17, 15) is 9.59 Å². The molecule has 0 radical (unpaired) electrons. The van der Waals surface area contributed by atoms with Gasteiger partial charge in [0.1, 0.15) is 0 Å². The Kier molecular flexibility index (Phi) is 6.91. The van der Waals surface area contributed by atoms with Crippen molar-refractivity contribution in [2.45, 2.75) is 46.0 Å². The number of fused-ring (bicyclic) bond motifs is 1. The summed E-state index contributed by atoms with van der Waals surface area (Å²) >= 11 is 0. The maximum absolute atomic E-state index is 12.2. The van der Waals surface area contributed by atoms with E-state index in [2.05, 4.69) is 19.2 Å². The molecular formula is C18H27N3O4. The Morgan fingerprint density at radius 3 is 2.40 bits per heavy atom. The van der Waals surface area contributed by atoms with Crippen LogP contribution in [0.3, 0.4) is 0 Å². The lowest BCUT2D eigenvalue weighted by Gasteiger charge is -2.21. The van der Waals surface area contributed by atoms with Gasteiger partial charge in [-0.3, -0.25) is 9.59 Å². The van der Waals surface area contributed by atoms with Crippen LogP contribution < -0.4 is 20.5 Å². The molecule has 0 spiro atoms. The molecule has 1 heterocycles. The van der Waals surface area contributed by atoms with E-state index in [1.165, 1.54) is 0 Å². The Morgan fingerprint density at radius 1 is 1.12 bits per heavy atom. The monoisotopic (exact) mass is 349 g/mol. The van der Waals surface area contributed by atoms with Crippen LogP contribution in [0.25, 0.3) is 0 Å². The average Bonchev–Trinajstić information content (AvgIpc) is 3.02. The molecule has 2 amide bonds. The van der Waals surface area contributed by atoms with Crippen molar-refractivity contribution in [3.63, 3.8) is 0 Å². The van der Waals surface area contributed by atoms with Crippen molar-refractivity contribution in [3.05, 3.63) is 12.1 Å². The van der Waals surface area contributed by atoms with Crippen LogP contribution in [0, 0.1) is 0 Å². The van der Waals surface area contributed by atoms with Gasteiger partial charge in [-0.05, 0) is 19.3 Å². The van der Waals surface area contributed by atoms with Gasteiger partial charge >= 0.3 is 0 Å². The van der Waals surface area contributed by atoms with Crippen LogP contribution in [0.1, 0.15) is 46.0 Å². The van der Waals surface area contributed by atoms with Crippen molar-refractivity contribution in [2.24, 2.45) is 0 Å². The second-order valence-corrected chi connectivity index (χ2v) is 6.08. The number of hydrogen-bond acceptors (Lipinski definition) is 5. The molecule has 0 aromatic heterocycles. The molecule has 7 heteroatoms. The fraction of sp³-hybridized carbons (Fsp3) is 0.556. The van der Waals surface area contributed by atoms with E-state index in [0.29, 0.717) is 35.7 Å². The summed E-state index contributed by atoms with van der Waals surface area (Å²) in [6.07, 6.45) is 3.04. The van der Waals surface area contributed by atoms with Gasteiger partial charge in [0, 0.05) is 38.1 Å². The molecule has 0 saturated carbocycles. The summed E-state index contributed by atoms with van der Waals surface area (Å²) in [5, 5.41) is 2.77. The van der Waals surface area contributed by atoms with E-state index in [1.54, 1.807) is 12.1 Å². The van der Waals surface area contributed by atoms with E-state index in [1.807, 2.05) is 4.90 Å². The second-order valence-electron chi connectivity index (χ2n) is 6.08. The molecule has 1 aromatic carbocycles. The highest BCUT2D eigenvalue weighted by atomic mass is 16.7. The van der Waals surface area contributed by atoms with Crippen LogP contribution in [0.4, 0.5) is 11.4 Å². The first-order valence-electron chi connectivity index (χ1n) is 8.81. The summed E-state index contributed by atoms with van der Waals surface area (Å²) in [6, 6.07) is 3.29. The predicted molar refractivity (Wildman–Crippen MR) is 96.6 cm³/mol. The Hall–Kier alpha value is -2.44. The molecule has 0 atom stereocenters. The average molecular weight is 349 g/mol. The molecule has 0 fully saturated rings. The van der Waals surface area contributed by atoms with E-state index < -0.39 is 0 Å². The first-order chi connectivity index (χ1) is 12.0. The Bertz CT molecular complexity index is 613. The summed E-state index contributed by atoms with van der Waals surface area (Å²) in [5.41, 5.74) is 6.84. The lowest BCUT2D eigenvalue weighted by molar-refractivity contribution is -0.131. The minimum atomic E-state index is -0.170. The van der Waals surface area contributed by atoms with Crippen LogP contribution in [0.5, 0.6) is 11.5 Å². The number of anilines is 2. The third-order valence-electron chi connectivity index (χ3n) is 3.95. The van der Waals surface area contributed by atoms with Gasteiger partial charge in [-0.1, -0.05) is 13.8 Å². The summed E-state index contributed by atoms with van der Waals surface area (Å²) in [6.45, 7) is 5.80. The lowest BCUT2D eigenvalue weighted by atomic mass is 10.2. The van der Waals surface area contributed by atoms with Crippen molar-refractivity contribution in [3.8, 4) is 11.5 Å². The van der Waals surface area contributed by atoms with Gasteiger partial charge < -0.3 is 25.4 Å². The van der Waals surface area contributed by atoms with E-state index >= 15 is 0 Å². The number of hydrogen-bond donors (Lipinski definition) is 2. The van der Waals surface area contributed by atoms with E-state index in [0.717, 1.165) is 25.9 Å². The van der Waals surface area contributed by atoms with Gasteiger partial charge in [-0.25, -0.2) is 0 Å². The molecule has 1 aliphatic rings. The minimum absolute atomic E-state index is 0.110. The van der Waals surface area contributed by atoms with E-state index in [4.69, 9.17) is 15.2 Å². The Labute approximate surface area is 148 Å². The number of carbonyl (C=O) groups excluding carboxylic acids is 2. The summed E-state index contributed by atoms with van der Waals surface area (Å²) in [7, 11) is 0. The SMILES string of the molecule is CCCN(CCC)C(=O)CCCC(=O)Nc1cc2c(cc1N)OCO2. The first-order valence-corrected chi connectivity index (χ1v) is 8.81. The number of nitrogen functional groups attached to an aromatic ring is 1. The number of nitrogens with two attached hydrogens (primary N) is 1.